The molecule has 0 atom stereocenters. The number of H-pyrrole nitrogens is 1. The summed E-state index contributed by atoms with van der Waals surface area (Å²) >= 11 is 0. The highest BCUT2D eigenvalue weighted by atomic mass is 127. The van der Waals surface area contributed by atoms with Crippen molar-refractivity contribution >= 4 is 29.9 Å². The molecular formula is C16H23IN8O. The molecule has 0 amide bonds. The summed E-state index contributed by atoms with van der Waals surface area (Å²) in [6, 6.07) is 3.65. The molecule has 10 heteroatoms. The molecule has 0 fully saturated rings. The number of aryl methyl sites for hydroxylation is 1. The van der Waals surface area contributed by atoms with Gasteiger partial charge < -0.3 is 14.6 Å². The van der Waals surface area contributed by atoms with Crippen LogP contribution in [-0.2, 0) is 20.0 Å². The Hall–Kier alpha value is -2.37. The summed E-state index contributed by atoms with van der Waals surface area (Å²) in [5.41, 5.74) is 1.13. The van der Waals surface area contributed by atoms with Crippen LogP contribution in [0, 0.1) is 0 Å². The monoisotopic (exact) mass is 470 g/mol. The first-order valence-corrected chi connectivity index (χ1v) is 8.00. The van der Waals surface area contributed by atoms with Gasteiger partial charge in [0.2, 0.25) is 5.82 Å². The third-order valence-corrected chi connectivity index (χ3v) is 3.67. The molecule has 9 nitrogen and oxygen atoms in total. The molecule has 3 aromatic rings. The minimum absolute atomic E-state index is 0. The molecule has 0 spiro atoms. The molecule has 0 saturated heterocycles. The Labute approximate surface area is 168 Å². The van der Waals surface area contributed by atoms with Crippen molar-refractivity contribution < 1.29 is 4.42 Å². The Bertz CT molecular complexity index is 823. The second kappa shape index (κ2) is 9.36. The standard InChI is InChI=1S/C16H22N8O.HI/c1-17-16(23(2)10-12-9-19-24(3)11-12)18-7-6-14-20-15(22-21-14)13-5-4-8-25-13;/h4-5,8-9,11H,6-7,10H2,1-3H3,(H,17,18)(H,20,21,22);1H. The third kappa shape index (κ3) is 5.07. The first-order valence-electron chi connectivity index (χ1n) is 8.00. The van der Waals surface area contributed by atoms with E-state index in [0.717, 1.165) is 23.9 Å². The van der Waals surface area contributed by atoms with Crippen molar-refractivity contribution in [2.75, 3.05) is 20.6 Å². The molecule has 0 aromatic carbocycles. The number of nitrogens with zero attached hydrogens (tertiary/aromatic N) is 6. The van der Waals surface area contributed by atoms with Crippen molar-refractivity contribution in [1.29, 1.82) is 0 Å². The van der Waals surface area contributed by atoms with E-state index < -0.39 is 0 Å². The van der Waals surface area contributed by atoms with Crippen LogP contribution in [-0.4, -0.2) is 56.5 Å². The van der Waals surface area contributed by atoms with E-state index in [9.17, 15) is 0 Å². The second-order valence-corrected chi connectivity index (χ2v) is 5.69. The zero-order chi connectivity index (χ0) is 17.6. The van der Waals surface area contributed by atoms with Gasteiger partial charge in [0.1, 0.15) is 5.82 Å². The summed E-state index contributed by atoms with van der Waals surface area (Å²) in [7, 11) is 5.67. The lowest BCUT2D eigenvalue weighted by atomic mass is 10.3. The molecule has 0 saturated carbocycles. The largest absolute Gasteiger partial charge is 0.461 e. The Morgan fingerprint density at radius 3 is 2.96 bits per heavy atom. The van der Waals surface area contributed by atoms with E-state index in [1.165, 1.54) is 0 Å². The molecule has 0 aliphatic rings. The van der Waals surface area contributed by atoms with Crippen LogP contribution in [0.15, 0.2) is 40.2 Å². The fraction of sp³-hybridized carbons (Fsp3) is 0.375. The van der Waals surface area contributed by atoms with Crippen molar-refractivity contribution in [2.45, 2.75) is 13.0 Å². The highest BCUT2D eigenvalue weighted by Crippen LogP contribution is 2.14. The number of aromatic nitrogens is 5. The van der Waals surface area contributed by atoms with Gasteiger partial charge >= 0.3 is 0 Å². The Balaban J connectivity index is 0.00000243. The number of rotatable bonds is 6. The first-order chi connectivity index (χ1) is 12.2. The Kier molecular flexibility index (Phi) is 7.18. The van der Waals surface area contributed by atoms with Gasteiger partial charge in [-0.15, -0.1) is 24.0 Å². The second-order valence-electron chi connectivity index (χ2n) is 5.69. The van der Waals surface area contributed by atoms with Crippen LogP contribution in [0.2, 0.25) is 0 Å². The van der Waals surface area contributed by atoms with Crippen LogP contribution in [0.25, 0.3) is 11.6 Å². The number of aromatic amines is 1. The zero-order valence-corrected chi connectivity index (χ0v) is 17.3. The van der Waals surface area contributed by atoms with E-state index in [0.29, 0.717) is 24.6 Å². The Morgan fingerprint density at radius 1 is 1.46 bits per heavy atom. The molecule has 3 rings (SSSR count). The van der Waals surface area contributed by atoms with E-state index in [4.69, 9.17) is 4.42 Å². The predicted molar refractivity (Wildman–Crippen MR) is 109 cm³/mol. The lowest BCUT2D eigenvalue weighted by molar-refractivity contribution is 0.476. The van der Waals surface area contributed by atoms with Gasteiger partial charge in [0.25, 0.3) is 0 Å². The average molecular weight is 470 g/mol. The maximum absolute atomic E-state index is 5.29. The molecule has 0 unspecified atom stereocenters. The molecule has 26 heavy (non-hydrogen) atoms. The molecule has 3 aromatic heterocycles. The van der Waals surface area contributed by atoms with E-state index in [1.54, 1.807) is 18.0 Å². The number of guanidine groups is 1. The minimum atomic E-state index is 0. The summed E-state index contributed by atoms with van der Waals surface area (Å²) < 4.78 is 7.08. The van der Waals surface area contributed by atoms with Gasteiger partial charge in [-0.05, 0) is 12.1 Å². The molecule has 140 valence electrons. The number of hydrogen-bond donors (Lipinski definition) is 2. The van der Waals surface area contributed by atoms with Gasteiger partial charge in [-0.2, -0.15) is 10.2 Å². The summed E-state index contributed by atoms with van der Waals surface area (Å²) in [5.74, 6) is 2.83. The fourth-order valence-electron chi connectivity index (χ4n) is 2.50. The number of aliphatic imine (C=N–C) groups is 1. The van der Waals surface area contributed by atoms with E-state index in [1.807, 2.05) is 43.5 Å². The van der Waals surface area contributed by atoms with Gasteiger partial charge in [-0.3, -0.25) is 14.8 Å². The maximum atomic E-state index is 5.29. The SMILES string of the molecule is CN=C(NCCc1nc(-c2ccco2)n[nH]1)N(C)Cc1cnn(C)c1.I. The van der Waals surface area contributed by atoms with Gasteiger partial charge in [-0.1, -0.05) is 0 Å². The summed E-state index contributed by atoms with van der Waals surface area (Å²) in [4.78, 5) is 10.8. The number of nitrogens with one attached hydrogen (secondary N) is 2. The van der Waals surface area contributed by atoms with Crippen LogP contribution in [0.5, 0.6) is 0 Å². The van der Waals surface area contributed by atoms with Crippen molar-refractivity contribution in [3.05, 3.63) is 42.2 Å². The average Bonchev–Trinajstić information content (AvgIpc) is 3.33. The van der Waals surface area contributed by atoms with E-state index >= 15 is 0 Å². The van der Waals surface area contributed by atoms with Crippen LogP contribution in [0.4, 0.5) is 0 Å². The van der Waals surface area contributed by atoms with E-state index in [2.05, 4.69) is 30.6 Å². The summed E-state index contributed by atoms with van der Waals surface area (Å²) in [6.45, 7) is 1.43. The van der Waals surface area contributed by atoms with Crippen LogP contribution < -0.4 is 5.32 Å². The number of halogens is 1. The smallest absolute Gasteiger partial charge is 0.216 e. The normalized spacial score (nSPS) is 11.3. The van der Waals surface area contributed by atoms with Crippen LogP contribution in [0.1, 0.15) is 11.4 Å². The number of furan rings is 1. The van der Waals surface area contributed by atoms with Crippen molar-refractivity contribution in [3.8, 4) is 11.6 Å². The van der Waals surface area contributed by atoms with Gasteiger partial charge in [-0.25, -0.2) is 4.98 Å². The lowest BCUT2D eigenvalue weighted by Crippen LogP contribution is -2.39. The highest BCUT2D eigenvalue weighted by molar-refractivity contribution is 14.0. The molecule has 0 bridgehead atoms. The Morgan fingerprint density at radius 2 is 2.31 bits per heavy atom. The first kappa shape index (κ1) is 19.9. The van der Waals surface area contributed by atoms with Crippen LogP contribution in [0.3, 0.4) is 0 Å². The quantitative estimate of drug-likeness (QED) is 0.323. The molecule has 0 aliphatic heterocycles. The fourth-order valence-corrected chi connectivity index (χ4v) is 2.50. The van der Waals surface area contributed by atoms with Crippen LogP contribution >= 0.6 is 24.0 Å². The molecule has 2 N–H and O–H groups in total. The maximum Gasteiger partial charge on any atom is 0.216 e. The topological polar surface area (TPSA) is 100 Å². The van der Waals surface area contributed by atoms with Crippen molar-refractivity contribution in [1.82, 2.24) is 35.2 Å². The highest BCUT2D eigenvalue weighted by Gasteiger charge is 2.10. The van der Waals surface area contributed by atoms with Gasteiger partial charge in [0, 0.05) is 52.4 Å². The van der Waals surface area contributed by atoms with Gasteiger partial charge in [0.15, 0.2) is 11.7 Å². The summed E-state index contributed by atoms with van der Waals surface area (Å²) in [6.07, 6.45) is 6.16. The van der Waals surface area contributed by atoms with Gasteiger partial charge in [0.05, 0.1) is 12.5 Å². The zero-order valence-electron chi connectivity index (χ0n) is 15.0. The van der Waals surface area contributed by atoms with E-state index in [-0.39, 0.29) is 24.0 Å². The molecule has 3 heterocycles. The lowest BCUT2D eigenvalue weighted by Gasteiger charge is -2.21. The van der Waals surface area contributed by atoms with Crippen molar-refractivity contribution in [3.63, 3.8) is 0 Å². The minimum Gasteiger partial charge on any atom is -0.461 e. The number of hydrogen-bond acceptors (Lipinski definition) is 5. The van der Waals surface area contributed by atoms with Crippen molar-refractivity contribution in [2.24, 2.45) is 12.0 Å². The molecule has 0 aliphatic carbocycles. The summed E-state index contributed by atoms with van der Waals surface area (Å²) in [5, 5.41) is 14.6. The molecule has 0 radical (unpaired) electrons. The predicted octanol–water partition coefficient (Wildman–Crippen LogP) is 1.67. The third-order valence-electron chi connectivity index (χ3n) is 3.67. The molecular weight excluding hydrogens is 447 g/mol.